The fraction of sp³-hybridized carbons (Fsp3) is 0.500. The smallest absolute Gasteiger partial charge is 0.414 e. The Morgan fingerprint density at radius 2 is 2.08 bits per heavy atom. The average molecular weight is 206 g/mol. The number of nitrogens with zero attached hydrogens (tertiary/aromatic N) is 1. The third kappa shape index (κ3) is 3.43. The second-order valence-corrected chi connectivity index (χ2v) is 4.04. The molecule has 1 rings (SSSR count). The topological polar surface area (TPSA) is 89.7 Å². The van der Waals surface area contributed by atoms with Crippen LogP contribution < -0.4 is 5.14 Å². The van der Waals surface area contributed by atoms with Crippen LogP contribution in [0.1, 0.15) is 6.42 Å². The van der Waals surface area contributed by atoms with Crippen molar-refractivity contribution in [3.8, 4) is 0 Å². The fourth-order valence-corrected chi connectivity index (χ4v) is 0.947. The van der Waals surface area contributed by atoms with E-state index in [1.807, 2.05) is 0 Å². The van der Waals surface area contributed by atoms with Crippen molar-refractivity contribution in [2.24, 2.45) is 5.14 Å². The van der Waals surface area contributed by atoms with Crippen LogP contribution in [0.2, 0.25) is 0 Å². The maximum Gasteiger partial charge on any atom is 0.414 e. The van der Waals surface area contributed by atoms with Gasteiger partial charge in [-0.1, -0.05) is 0 Å². The Bertz CT molecular complexity index is 318. The van der Waals surface area contributed by atoms with Gasteiger partial charge in [0, 0.05) is 13.1 Å². The molecule has 0 aromatic carbocycles. The Morgan fingerprint density at radius 3 is 2.46 bits per heavy atom. The van der Waals surface area contributed by atoms with Crippen LogP contribution in [0.5, 0.6) is 0 Å². The number of amides is 1. The molecule has 0 aromatic rings. The number of ether oxygens (including phenoxy) is 1. The van der Waals surface area contributed by atoms with E-state index in [-0.39, 0.29) is 0 Å². The van der Waals surface area contributed by atoms with Crippen LogP contribution in [0.3, 0.4) is 0 Å². The second kappa shape index (κ2) is 3.75. The zero-order valence-corrected chi connectivity index (χ0v) is 7.66. The summed E-state index contributed by atoms with van der Waals surface area (Å²) in [5.74, 6) is 0. The lowest BCUT2D eigenvalue weighted by Gasteiger charge is -2.28. The Balaban J connectivity index is 2.33. The summed E-state index contributed by atoms with van der Waals surface area (Å²) in [7, 11) is -3.71. The number of rotatable bonds is 2. The van der Waals surface area contributed by atoms with Crippen molar-refractivity contribution in [3.05, 3.63) is 11.7 Å². The van der Waals surface area contributed by atoms with E-state index in [0.29, 0.717) is 18.5 Å². The van der Waals surface area contributed by atoms with Gasteiger partial charge in [-0.15, -0.1) is 0 Å². The number of primary sulfonamides is 1. The van der Waals surface area contributed by atoms with E-state index in [1.165, 1.54) is 4.90 Å². The molecule has 1 aliphatic heterocycles. The summed E-state index contributed by atoms with van der Waals surface area (Å²) in [5.41, 5.74) is 0. The molecule has 0 bridgehead atoms. The molecular weight excluding hydrogens is 196 g/mol. The first-order valence-corrected chi connectivity index (χ1v) is 5.25. The van der Waals surface area contributed by atoms with Crippen LogP contribution in [0, 0.1) is 0 Å². The molecule has 0 saturated carbocycles. The molecule has 0 aliphatic carbocycles. The second-order valence-electron chi connectivity index (χ2n) is 2.59. The summed E-state index contributed by atoms with van der Waals surface area (Å²) in [6.45, 7) is 1.31. The summed E-state index contributed by atoms with van der Waals surface area (Å²) in [5, 5.41) is 5.25. The Morgan fingerprint density at radius 1 is 1.46 bits per heavy atom. The van der Waals surface area contributed by atoms with Gasteiger partial charge in [0.05, 0.1) is 5.41 Å². The first-order chi connectivity index (χ1) is 5.99. The van der Waals surface area contributed by atoms with E-state index in [0.717, 1.165) is 12.7 Å². The molecular formula is C6H10N2O4S. The lowest BCUT2D eigenvalue weighted by atomic mass is 10.2. The van der Waals surface area contributed by atoms with Crippen molar-refractivity contribution in [1.82, 2.24) is 4.90 Å². The zero-order valence-electron chi connectivity index (χ0n) is 6.84. The fourth-order valence-electron chi connectivity index (χ4n) is 0.737. The SMILES string of the molecule is NS(=O)(=O)C=COC(=O)N1CCC1. The third-order valence-corrected chi connectivity index (χ3v) is 2.02. The predicted octanol–water partition coefficient (Wildman–Crippen LogP) is -0.412. The monoisotopic (exact) mass is 206 g/mol. The largest absolute Gasteiger partial charge is 0.417 e. The summed E-state index contributed by atoms with van der Waals surface area (Å²) < 4.78 is 25.2. The zero-order chi connectivity index (χ0) is 9.90. The van der Waals surface area contributed by atoms with Gasteiger partial charge in [0.1, 0.15) is 6.26 Å². The van der Waals surface area contributed by atoms with E-state index in [9.17, 15) is 13.2 Å². The lowest BCUT2D eigenvalue weighted by Crippen LogP contribution is -2.41. The summed E-state index contributed by atoms with van der Waals surface area (Å²) in [6, 6.07) is 0. The summed E-state index contributed by atoms with van der Waals surface area (Å²) >= 11 is 0. The molecule has 0 spiro atoms. The first kappa shape index (κ1) is 10.0. The maximum absolute atomic E-state index is 10.9. The standard InChI is InChI=1S/C6H10N2O4S/c7-13(10,11)5-4-12-6(9)8-2-1-3-8/h4-5H,1-3H2,(H2,7,10,11). The van der Waals surface area contributed by atoms with Crippen LogP contribution in [0.25, 0.3) is 0 Å². The molecule has 1 amide bonds. The highest BCUT2D eigenvalue weighted by Gasteiger charge is 2.20. The molecule has 6 nitrogen and oxygen atoms in total. The number of nitrogens with two attached hydrogens (primary N) is 1. The minimum absolute atomic E-state index is 0.550. The molecule has 7 heteroatoms. The summed E-state index contributed by atoms with van der Waals surface area (Å²) in [6.07, 6.45) is 1.18. The van der Waals surface area contributed by atoms with Crippen molar-refractivity contribution in [2.75, 3.05) is 13.1 Å². The van der Waals surface area contributed by atoms with Crippen molar-refractivity contribution in [3.63, 3.8) is 0 Å². The molecule has 0 radical (unpaired) electrons. The van der Waals surface area contributed by atoms with Gasteiger partial charge in [0.2, 0.25) is 10.0 Å². The van der Waals surface area contributed by atoms with E-state index in [1.54, 1.807) is 0 Å². The van der Waals surface area contributed by atoms with Crippen LogP contribution in [0.4, 0.5) is 4.79 Å². The van der Waals surface area contributed by atoms with Gasteiger partial charge in [-0.3, -0.25) is 0 Å². The van der Waals surface area contributed by atoms with Gasteiger partial charge in [-0.05, 0) is 6.42 Å². The molecule has 0 aromatic heterocycles. The van der Waals surface area contributed by atoms with Crippen molar-refractivity contribution < 1.29 is 17.9 Å². The van der Waals surface area contributed by atoms with Crippen molar-refractivity contribution >= 4 is 16.1 Å². The molecule has 1 saturated heterocycles. The lowest BCUT2D eigenvalue weighted by molar-refractivity contribution is 0.111. The average Bonchev–Trinajstić information content (AvgIpc) is 1.79. The summed E-state index contributed by atoms with van der Waals surface area (Å²) in [4.78, 5) is 12.4. The van der Waals surface area contributed by atoms with Crippen molar-refractivity contribution in [1.29, 1.82) is 0 Å². The molecule has 1 fully saturated rings. The number of sulfonamides is 1. The van der Waals surface area contributed by atoms with Crippen molar-refractivity contribution in [2.45, 2.75) is 6.42 Å². The Hall–Kier alpha value is -1.08. The highest BCUT2D eigenvalue weighted by molar-refractivity contribution is 7.92. The van der Waals surface area contributed by atoms with Gasteiger partial charge in [-0.2, -0.15) is 0 Å². The van der Waals surface area contributed by atoms with Gasteiger partial charge in [-0.25, -0.2) is 18.4 Å². The number of carbonyl (C=O) groups is 1. The normalized spacial score (nSPS) is 17.2. The number of hydrogen-bond acceptors (Lipinski definition) is 4. The van der Waals surface area contributed by atoms with Crippen LogP contribution >= 0.6 is 0 Å². The molecule has 1 heterocycles. The van der Waals surface area contributed by atoms with E-state index in [4.69, 9.17) is 0 Å². The first-order valence-electron chi connectivity index (χ1n) is 3.64. The number of carbonyl (C=O) groups excluding carboxylic acids is 1. The number of hydrogen-bond donors (Lipinski definition) is 1. The highest BCUT2D eigenvalue weighted by atomic mass is 32.2. The maximum atomic E-state index is 10.9. The van der Waals surface area contributed by atoms with Crippen LogP contribution in [-0.4, -0.2) is 32.5 Å². The Kier molecular flexibility index (Phi) is 2.89. The molecule has 74 valence electrons. The van der Waals surface area contributed by atoms with Gasteiger partial charge >= 0.3 is 6.09 Å². The quantitative estimate of drug-likeness (QED) is 0.622. The molecule has 0 unspecified atom stereocenters. The van der Waals surface area contributed by atoms with Gasteiger partial charge in [0.15, 0.2) is 0 Å². The van der Waals surface area contributed by atoms with Gasteiger partial charge < -0.3 is 9.64 Å². The molecule has 1 aliphatic rings. The minimum atomic E-state index is -3.71. The highest BCUT2D eigenvalue weighted by Crippen LogP contribution is 2.07. The molecule has 13 heavy (non-hydrogen) atoms. The van der Waals surface area contributed by atoms with E-state index >= 15 is 0 Å². The van der Waals surface area contributed by atoms with E-state index in [2.05, 4.69) is 9.88 Å². The predicted molar refractivity (Wildman–Crippen MR) is 44.9 cm³/mol. The van der Waals surface area contributed by atoms with Crippen LogP contribution in [-0.2, 0) is 14.8 Å². The third-order valence-electron chi connectivity index (χ3n) is 1.53. The Labute approximate surface area is 76.0 Å². The number of likely N-dealkylation sites (tertiary alicyclic amines) is 1. The van der Waals surface area contributed by atoms with E-state index < -0.39 is 16.1 Å². The molecule has 0 atom stereocenters. The minimum Gasteiger partial charge on any atom is -0.417 e. The molecule has 2 N–H and O–H groups in total. The van der Waals surface area contributed by atoms with Gasteiger partial charge in [0.25, 0.3) is 0 Å². The van der Waals surface area contributed by atoms with Crippen LogP contribution in [0.15, 0.2) is 11.7 Å².